The van der Waals surface area contributed by atoms with Crippen LogP contribution in [0.2, 0.25) is 5.02 Å². The van der Waals surface area contributed by atoms with E-state index in [2.05, 4.69) is 42.0 Å². The molecule has 0 aliphatic carbocycles. The van der Waals surface area contributed by atoms with Crippen molar-refractivity contribution in [3.05, 3.63) is 22.8 Å². The van der Waals surface area contributed by atoms with Gasteiger partial charge in [0.05, 0.1) is 5.02 Å². The summed E-state index contributed by atoms with van der Waals surface area (Å²) in [4.78, 5) is 6.91. The highest BCUT2D eigenvalue weighted by Gasteiger charge is 2.23. The smallest absolute Gasteiger partial charge is 0.128 e. The molecule has 0 bridgehead atoms. The van der Waals surface area contributed by atoms with Crippen molar-refractivity contribution in [1.29, 1.82) is 0 Å². The Balaban J connectivity index is 2.03. The van der Waals surface area contributed by atoms with Crippen molar-refractivity contribution in [2.45, 2.75) is 52.6 Å². The van der Waals surface area contributed by atoms with E-state index in [-0.39, 0.29) is 0 Å². The minimum Gasteiger partial charge on any atom is -0.356 e. The maximum Gasteiger partial charge on any atom is 0.128 e. The van der Waals surface area contributed by atoms with Gasteiger partial charge in [-0.1, -0.05) is 38.8 Å². The Morgan fingerprint density at radius 3 is 3.00 bits per heavy atom. The summed E-state index contributed by atoms with van der Waals surface area (Å²) in [6.07, 6.45) is 5.68. The topological polar surface area (TPSA) is 28.2 Å². The van der Waals surface area contributed by atoms with Crippen molar-refractivity contribution >= 4 is 17.4 Å². The van der Waals surface area contributed by atoms with Gasteiger partial charge in [-0.25, -0.2) is 4.98 Å². The first kappa shape index (κ1) is 15.6. The Morgan fingerprint density at radius 2 is 2.30 bits per heavy atom. The molecule has 0 saturated carbocycles. The second kappa shape index (κ2) is 7.28. The van der Waals surface area contributed by atoms with E-state index in [0.29, 0.717) is 6.04 Å². The second-order valence-electron chi connectivity index (χ2n) is 6.06. The average molecular weight is 296 g/mol. The fourth-order valence-electron chi connectivity index (χ4n) is 2.77. The number of hydrogen-bond donors (Lipinski definition) is 1. The molecule has 1 atom stereocenters. The molecule has 1 N–H and O–H groups in total. The third-order valence-corrected chi connectivity index (χ3v) is 4.27. The van der Waals surface area contributed by atoms with Gasteiger partial charge < -0.3 is 10.2 Å². The molecule has 0 aromatic carbocycles. The number of hydrogen-bond acceptors (Lipinski definition) is 3. The first-order valence-electron chi connectivity index (χ1n) is 7.73. The van der Waals surface area contributed by atoms with Gasteiger partial charge in [0.2, 0.25) is 0 Å². The minimum atomic E-state index is 0.461. The molecule has 0 spiro atoms. The molecule has 1 aliphatic rings. The van der Waals surface area contributed by atoms with Gasteiger partial charge in [-0.15, -0.1) is 0 Å². The van der Waals surface area contributed by atoms with Crippen LogP contribution in [0.25, 0.3) is 0 Å². The van der Waals surface area contributed by atoms with E-state index in [4.69, 9.17) is 11.6 Å². The van der Waals surface area contributed by atoms with E-state index >= 15 is 0 Å². The van der Waals surface area contributed by atoms with E-state index in [0.717, 1.165) is 42.0 Å². The SMILES string of the molecule is CCCC1CCN(c2cc(CNC(C)C)c(Cl)cn2)C1. The summed E-state index contributed by atoms with van der Waals surface area (Å²) in [5.41, 5.74) is 1.14. The maximum absolute atomic E-state index is 6.24. The van der Waals surface area contributed by atoms with Crippen LogP contribution in [-0.2, 0) is 6.54 Å². The molecule has 1 aromatic heterocycles. The molecule has 0 amide bonds. The molecule has 3 nitrogen and oxygen atoms in total. The van der Waals surface area contributed by atoms with Gasteiger partial charge >= 0.3 is 0 Å². The van der Waals surface area contributed by atoms with Crippen LogP contribution in [0.3, 0.4) is 0 Å². The van der Waals surface area contributed by atoms with Gasteiger partial charge in [-0.3, -0.25) is 0 Å². The van der Waals surface area contributed by atoms with Gasteiger partial charge in [-0.05, 0) is 30.4 Å². The Morgan fingerprint density at radius 1 is 1.50 bits per heavy atom. The number of anilines is 1. The van der Waals surface area contributed by atoms with E-state index in [1.54, 1.807) is 6.20 Å². The number of rotatable bonds is 6. The van der Waals surface area contributed by atoms with Crippen molar-refractivity contribution in [1.82, 2.24) is 10.3 Å². The van der Waals surface area contributed by atoms with Gasteiger partial charge in [0.15, 0.2) is 0 Å². The quantitative estimate of drug-likeness (QED) is 0.864. The Bertz CT molecular complexity index is 434. The Hall–Kier alpha value is -0.800. The number of halogens is 1. The number of pyridine rings is 1. The Labute approximate surface area is 127 Å². The van der Waals surface area contributed by atoms with Crippen molar-refractivity contribution in [3.63, 3.8) is 0 Å². The summed E-state index contributed by atoms with van der Waals surface area (Å²) in [6.45, 7) is 9.62. The van der Waals surface area contributed by atoms with E-state index < -0.39 is 0 Å². The fraction of sp³-hybridized carbons (Fsp3) is 0.688. The maximum atomic E-state index is 6.24. The predicted molar refractivity (Wildman–Crippen MR) is 86.5 cm³/mol. The van der Waals surface area contributed by atoms with Gasteiger partial charge in [0, 0.05) is 31.9 Å². The number of nitrogens with one attached hydrogen (secondary N) is 1. The van der Waals surface area contributed by atoms with Gasteiger partial charge in [-0.2, -0.15) is 0 Å². The summed E-state index contributed by atoms with van der Waals surface area (Å²) in [6, 6.07) is 2.61. The first-order chi connectivity index (χ1) is 9.60. The lowest BCUT2D eigenvalue weighted by Crippen LogP contribution is -2.23. The van der Waals surface area contributed by atoms with Crippen LogP contribution < -0.4 is 10.2 Å². The zero-order chi connectivity index (χ0) is 14.5. The zero-order valence-electron chi connectivity index (χ0n) is 12.8. The highest BCUT2D eigenvalue weighted by molar-refractivity contribution is 6.31. The molecular weight excluding hydrogens is 270 g/mol. The first-order valence-corrected chi connectivity index (χ1v) is 8.10. The van der Waals surface area contributed by atoms with Crippen molar-refractivity contribution in [2.75, 3.05) is 18.0 Å². The second-order valence-corrected chi connectivity index (χ2v) is 6.47. The molecule has 20 heavy (non-hydrogen) atoms. The van der Waals surface area contributed by atoms with Gasteiger partial charge in [0.25, 0.3) is 0 Å². The largest absolute Gasteiger partial charge is 0.356 e. The average Bonchev–Trinajstić information content (AvgIpc) is 2.87. The lowest BCUT2D eigenvalue weighted by atomic mass is 10.0. The van der Waals surface area contributed by atoms with Crippen LogP contribution in [0.5, 0.6) is 0 Å². The highest BCUT2D eigenvalue weighted by Crippen LogP contribution is 2.27. The van der Waals surface area contributed by atoms with E-state index in [9.17, 15) is 0 Å². The minimum absolute atomic E-state index is 0.461. The normalized spacial score (nSPS) is 19.1. The van der Waals surface area contributed by atoms with Crippen molar-refractivity contribution in [2.24, 2.45) is 5.92 Å². The third kappa shape index (κ3) is 4.10. The molecule has 1 unspecified atom stereocenters. The summed E-state index contributed by atoms with van der Waals surface area (Å²) < 4.78 is 0. The van der Waals surface area contributed by atoms with E-state index in [1.807, 2.05) is 0 Å². The van der Waals surface area contributed by atoms with Gasteiger partial charge in [0.1, 0.15) is 5.82 Å². The summed E-state index contributed by atoms with van der Waals surface area (Å²) >= 11 is 6.24. The predicted octanol–water partition coefficient (Wildman–Crippen LogP) is 3.86. The summed E-state index contributed by atoms with van der Waals surface area (Å²) in [7, 11) is 0. The van der Waals surface area contributed by atoms with Crippen LogP contribution in [-0.4, -0.2) is 24.1 Å². The van der Waals surface area contributed by atoms with Crippen molar-refractivity contribution < 1.29 is 0 Å². The molecule has 112 valence electrons. The number of nitrogens with zero attached hydrogens (tertiary/aromatic N) is 2. The molecule has 0 radical (unpaired) electrons. The fourth-order valence-corrected chi connectivity index (χ4v) is 2.95. The zero-order valence-corrected chi connectivity index (χ0v) is 13.6. The highest BCUT2D eigenvalue weighted by atomic mass is 35.5. The van der Waals surface area contributed by atoms with Crippen LogP contribution >= 0.6 is 11.6 Å². The molecule has 4 heteroatoms. The van der Waals surface area contributed by atoms with E-state index in [1.165, 1.54) is 19.3 Å². The molecule has 2 heterocycles. The van der Waals surface area contributed by atoms with Crippen LogP contribution in [0.4, 0.5) is 5.82 Å². The number of aromatic nitrogens is 1. The summed E-state index contributed by atoms with van der Waals surface area (Å²) in [5, 5.41) is 4.17. The standard InChI is InChI=1S/C16H26ClN3/c1-4-5-13-6-7-20(11-13)16-8-14(9-18-12(2)3)15(17)10-19-16/h8,10,12-13,18H,4-7,9,11H2,1-3H3. The molecular formula is C16H26ClN3. The lowest BCUT2D eigenvalue weighted by Gasteiger charge is -2.19. The lowest BCUT2D eigenvalue weighted by molar-refractivity contribution is 0.529. The molecule has 2 rings (SSSR count). The molecule has 1 fully saturated rings. The van der Waals surface area contributed by atoms with Crippen LogP contribution in [0, 0.1) is 5.92 Å². The van der Waals surface area contributed by atoms with Crippen LogP contribution in [0.15, 0.2) is 12.3 Å². The third-order valence-electron chi connectivity index (χ3n) is 3.93. The Kier molecular flexibility index (Phi) is 5.67. The molecule has 1 aliphatic heterocycles. The summed E-state index contributed by atoms with van der Waals surface area (Å²) in [5.74, 6) is 1.91. The monoisotopic (exact) mass is 295 g/mol. The van der Waals surface area contributed by atoms with Crippen molar-refractivity contribution in [3.8, 4) is 0 Å². The molecule has 1 aromatic rings. The van der Waals surface area contributed by atoms with Crippen LogP contribution in [0.1, 0.15) is 45.6 Å². The molecule has 1 saturated heterocycles.